The molecule has 1 atom stereocenters. The first-order valence-electron chi connectivity index (χ1n) is 11.3. The van der Waals surface area contributed by atoms with E-state index in [0.29, 0.717) is 44.0 Å². The maximum Gasteiger partial charge on any atom is 0.251 e. The van der Waals surface area contributed by atoms with Crippen molar-refractivity contribution in [3.8, 4) is 5.75 Å². The van der Waals surface area contributed by atoms with E-state index in [4.69, 9.17) is 4.74 Å². The fourth-order valence-corrected chi connectivity index (χ4v) is 5.72. The lowest BCUT2D eigenvalue weighted by atomic mass is 10.1. The van der Waals surface area contributed by atoms with Gasteiger partial charge in [-0.2, -0.15) is 4.31 Å². The molecule has 33 heavy (non-hydrogen) atoms. The summed E-state index contributed by atoms with van der Waals surface area (Å²) in [6, 6.07) is 14.7. The molecule has 0 saturated carbocycles. The zero-order valence-corrected chi connectivity index (χ0v) is 19.5. The Labute approximate surface area is 194 Å². The zero-order valence-electron chi connectivity index (χ0n) is 18.6. The van der Waals surface area contributed by atoms with Crippen LogP contribution in [0.2, 0.25) is 0 Å². The van der Waals surface area contributed by atoms with Gasteiger partial charge < -0.3 is 10.1 Å². The number of ether oxygens (including phenoxy) is 1. The quantitative estimate of drug-likeness (QED) is 0.595. The van der Waals surface area contributed by atoms with E-state index in [1.807, 2.05) is 6.92 Å². The maximum atomic E-state index is 13.0. The molecule has 4 rings (SSSR count). The second kappa shape index (κ2) is 10.0. The second-order valence-corrected chi connectivity index (χ2v) is 10.3. The van der Waals surface area contributed by atoms with Gasteiger partial charge in [-0.3, -0.25) is 9.59 Å². The SMILES string of the molecule is CCCOc1ccc(N2C(=O)CC(NC3CCN(S(=O)(=O)c4ccccc4)CC3)C2=O)cc1. The van der Waals surface area contributed by atoms with Gasteiger partial charge >= 0.3 is 0 Å². The number of anilines is 1. The number of sulfonamides is 1. The van der Waals surface area contributed by atoms with E-state index in [1.165, 1.54) is 9.21 Å². The molecule has 2 aliphatic heterocycles. The normalized spacial score (nSPS) is 20.4. The largest absolute Gasteiger partial charge is 0.494 e. The lowest BCUT2D eigenvalue weighted by molar-refractivity contribution is -0.121. The Bertz CT molecular complexity index is 1080. The minimum atomic E-state index is -3.52. The summed E-state index contributed by atoms with van der Waals surface area (Å²) in [4.78, 5) is 27.0. The monoisotopic (exact) mass is 471 g/mol. The summed E-state index contributed by atoms with van der Waals surface area (Å²) in [5, 5.41) is 3.29. The minimum absolute atomic E-state index is 0.0289. The van der Waals surface area contributed by atoms with Crippen LogP contribution in [0.25, 0.3) is 0 Å². The molecule has 2 aliphatic rings. The number of piperidine rings is 1. The Balaban J connectivity index is 1.34. The van der Waals surface area contributed by atoms with Crippen LogP contribution in [0.15, 0.2) is 59.5 Å². The van der Waals surface area contributed by atoms with Crippen LogP contribution in [0, 0.1) is 0 Å². The molecule has 0 spiro atoms. The summed E-state index contributed by atoms with van der Waals surface area (Å²) in [5.41, 5.74) is 0.530. The third-order valence-corrected chi connectivity index (χ3v) is 7.90. The predicted octanol–water partition coefficient (Wildman–Crippen LogP) is 2.55. The van der Waals surface area contributed by atoms with Crippen molar-refractivity contribution in [1.29, 1.82) is 0 Å². The topological polar surface area (TPSA) is 96.0 Å². The van der Waals surface area contributed by atoms with Gasteiger partial charge in [-0.15, -0.1) is 0 Å². The first-order valence-corrected chi connectivity index (χ1v) is 12.7. The fourth-order valence-electron chi connectivity index (χ4n) is 4.23. The predicted molar refractivity (Wildman–Crippen MR) is 124 cm³/mol. The molecule has 2 saturated heterocycles. The van der Waals surface area contributed by atoms with E-state index in [2.05, 4.69) is 5.32 Å². The summed E-state index contributed by atoms with van der Waals surface area (Å²) < 4.78 is 32.7. The van der Waals surface area contributed by atoms with Crippen LogP contribution in [-0.2, 0) is 19.6 Å². The van der Waals surface area contributed by atoms with Crippen molar-refractivity contribution in [2.45, 2.75) is 49.6 Å². The summed E-state index contributed by atoms with van der Waals surface area (Å²) in [6.07, 6.45) is 2.14. The van der Waals surface area contributed by atoms with E-state index < -0.39 is 16.1 Å². The third-order valence-electron chi connectivity index (χ3n) is 5.99. The highest BCUT2D eigenvalue weighted by Gasteiger charge is 2.41. The Morgan fingerprint density at radius 1 is 1.00 bits per heavy atom. The van der Waals surface area contributed by atoms with Crippen LogP contribution in [0.1, 0.15) is 32.6 Å². The molecule has 0 aromatic heterocycles. The van der Waals surface area contributed by atoms with Gasteiger partial charge in [0, 0.05) is 19.1 Å². The van der Waals surface area contributed by atoms with Crippen LogP contribution < -0.4 is 15.0 Å². The number of nitrogens with one attached hydrogen (secondary N) is 1. The molecule has 8 nitrogen and oxygen atoms in total. The first kappa shape index (κ1) is 23.4. The number of imide groups is 1. The van der Waals surface area contributed by atoms with E-state index in [0.717, 1.165) is 6.42 Å². The molecule has 0 bridgehead atoms. The smallest absolute Gasteiger partial charge is 0.251 e. The molecule has 2 aromatic carbocycles. The molecular weight excluding hydrogens is 442 g/mol. The first-order chi connectivity index (χ1) is 15.9. The molecule has 2 heterocycles. The number of rotatable bonds is 8. The number of hydrogen-bond donors (Lipinski definition) is 1. The average molecular weight is 472 g/mol. The fraction of sp³-hybridized carbons (Fsp3) is 0.417. The lowest BCUT2D eigenvalue weighted by Gasteiger charge is -2.32. The van der Waals surface area contributed by atoms with E-state index in [9.17, 15) is 18.0 Å². The molecule has 1 unspecified atom stereocenters. The molecule has 0 radical (unpaired) electrons. The van der Waals surface area contributed by atoms with Gasteiger partial charge in [0.25, 0.3) is 5.91 Å². The van der Waals surface area contributed by atoms with Crippen LogP contribution in [-0.4, -0.2) is 56.3 Å². The van der Waals surface area contributed by atoms with Crippen LogP contribution in [0.5, 0.6) is 5.75 Å². The van der Waals surface area contributed by atoms with Crippen molar-refractivity contribution in [3.63, 3.8) is 0 Å². The highest BCUT2D eigenvalue weighted by molar-refractivity contribution is 7.89. The summed E-state index contributed by atoms with van der Waals surface area (Å²) in [7, 11) is -3.52. The number of nitrogens with zero attached hydrogens (tertiary/aromatic N) is 2. The second-order valence-electron chi connectivity index (χ2n) is 8.32. The van der Waals surface area contributed by atoms with Gasteiger partial charge in [0.1, 0.15) is 5.75 Å². The van der Waals surface area contributed by atoms with Gasteiger partial charge in [-0.25, -0.2) is 13.3 Å². The standard InChI is InChI=1S/C24H29N3O5S/c1-2-16-32-20-10-8-19(9-11-20)27-23(28)17-22(24(27)29)25-18-12-14-26(15-13-18)33(30,31)21-6-4-3-5-7-21/h3-11,18,22,25H,2,12-17H2,1H3. The van der Waals surface area contributed by atoms with Gasteiger partial charge in [0.2, 0.25) is 15.9 Å². The number of carbonyl (C=O) groups is 2. The number of carbonyl (C=O) groups excluding carboxylic acids is 2. The van der Waals surface area contributed by atoms with Crippen molar-refractivity contribution in [1.82, 2.24) is 9.62 Å². The van der Waals surface area contributed by atoms with Gasteiger partial charge in [-0.1, -0.05) is 25.1 Å². The number of benzene rings is 2. The molecule has 9 heteroatoms. The van der Waals surface area contributed by atoms with Crippen molar-refractivity contribution >= 4 is 27.5 Å². The summed E-state index contributed by atoms with van der Waals surface area (Å²) in [5.74, 6) is 0.178. The molecule has 1 N–H and O–H groups in total. The molecule has 0 aliphatic carbocycles. The van der Waals surface area contributed by atoms with E-state index in [1.54, 1.807) is 54.6 Å². The molecule has 2 amide bonds. The average Bonchev–Trinajstić information content (AvgIpc) is 3.11. The Hall–Kier alpha value is -2.75. The molecule has 176 valence electrons. The number of amides is 2. The van der Waals surface area contributed by atoms with Crippen LogP contribution in [0.4, 0.5) is 5.69 Å². The van der Waals surface area contributed by atoms with Gasteiger partial charge in [0.05, 0.1) is 29.7 Å². The minimum Gasteiger partial charge on any atom is -0.494 e. The molecule has 2 aromatic rings. The van der Waals surface area contributed by atoms with Crippen molar-refractivity contribution in [2.75, 3.05) is 24.6 Å². The third kappa shape index (κ3) is 5.10. The van der Waals surface area contributed by atoms with Crippen molar-refractivity contribution in [3.05, 3.63) is 54.6 Å². The van der Waals surface area contributed by atoms with Crippen LogP contribution >= 0.6 is 0 Å². The van der Waals surface area contributed by atoms with E-state index in [-0.39, 0.29) is 29.2 Å². The Kier molecular flexibility index (Phi) is 7.11. The highest BCUT2D eigenvalue weighted by atomic mass is 32.2. The van der Waals surface area contributed by atoms with E-state index >= 15 is 0 Å². The summed E-state index contributed by atoms with van der Waals surface area (Å²) >= 11 is 0. The zero-order chi connectivity index (χ0) is 23.4. The summed E-state index contributed by atoms with van der Waals surface area (Å²) in [6.45, 7) is 3.37. The maximum absolute atomic E-state index is 13.0. The lowest BCUT2D eigenvalue weighted by Crippen LogP contribution is -2.49. The Morgan fingerprint density at radius 2 is 1.67 bits per heavy atom. The van der Waals surface area contributed by atoms with Crippen LogP contribution in [0.3, 0.4) is 0 Å². The van der Waals surface area contributed by atoms with Gasteiger partial charge in [0.15, 0.2) is 0 Å². The molecule has 2 fully saturated rings. The highest BCUT2D eigenvalue weighted by Crippen LogP contribution is 2.27. The van der Waals surface area contributed by atoms with Crippen molar-refractivity contribution < 1.29 is 22.7 Å². The number of hydrogen-bond acceptors (Lipinski definition) is 6. The van der Waals surface area contributed by atoms with Crippen molar-refractivity contribution in [2.24, 2.45) is 0 Å². The Morgan fingerprint density at radius 3 is 2.30 bits per heavy atom. The van der Waals surface area contributed by atoms with Gasteiger partial charge in [-0.05, 0) is 55.7 Å². The molecular formula is C24H29N3O5S.